The van der Waals surface area contributed by atoms with Crippen LogP contribution in [0.1, 0.15) is 45.1 Å². The third kappa shape index (κ3) is 3.68. The van der Waals surface area contributed by atoms with Gasteiger partial charge in [-0.3, -0.25) is 14.6 Å². The minimum Gasteiger partial charge on any atom is -0.493 e. The first-order valence-corrected chi connectivity index (χ1v) is 9.86. The van der Waals surface area contributed by atoms with Crippen LogP contribution in [0, 0.1) is 11.3 Å². The Kier molecular flexibility index (Phi) is 5.92. The number of Topliss-reactive ketones (excluding diaryl/α,β-unsaturated/α-hetero) is 1. The minimum atomic E-state index is -0.707. The highest BCUT2D eigenvalue weighted by molar-refractivity contribution is 6.09. The van der Waals surface area contributed by atoms with Gasteiger partial charge in [-0.25, -0.2) is 0 Å². The Bertz CT molecular complexity index is 918. The first kappa shape index (κ1) is 21.9. The Morgan fingerprint density at radius 2 is 1.63 bits per heavy atom. The van der Waals surface area contributed by atoms with Crippen LogP contribution in [0.2, 0.25) is 0 Å². The van der Waals surface area contributed by atoms with Crippen LogP contribution < -0.4 is 14.2 Å². The predicted octanol–water partition coefficient (Wildman–Crippen LogP) is 3.70. The van der Waals surface area contributed by atoms with Gasteiger partial charge >= 0.3 is 5.97 Å². The van der Waals surface area contributed by atoms with E-state index in [1.807, 2.05) is 6.92 Å². The summed E-state index contributed by atoms with van der Waals surface area (Å²) < 4.78 is 21.5. The number of benzene rings is 1. The van der Waals surface area contributed by atoms with Crippen LogP contribution in [0.5, 0.6) is 17.2 Å². The normalized spacial score (nSPS) is 22.8. The summed E-state index contributed by atoms with van der Waals surface area (Å²) in [6.07, 6.45) is 1.06. The Labute approximate surface area is 177 Å². The number of methoxy groups -OCH3 is 4. The zero-order valence-electron chi connectivity index (χ0n) is 18.6. The summed E-state index contributed by atoms with van der Waals surface area (Å²) in [6.45, 7) is 5.92. The topological polar surface area (TPSA) is 83.4 Å². The van der Waals surface area contributed by atoms with Crippen molar-refractivity contribution in [3.05, 3.63) is 29.0 Å². The van der Waals surface area contributed by atoms with Gasteiger partial charge in [0.1, 0.15) is 5.92 Å². The molecule has 0 saturated carbocycles. The molecule has 1 aromatic carbocycles. The van der Waals surface area contributed by atoms with Gasteiger partial charge in [0.2, 0.25) is 5.75 Å². The molecule has 0 saturated heterocycles. The molecule has 2 atom stereocenters. The van der Waals surface area contributed by atoms with E-state index in [1.165, 1.54) is 28.4 Å². The molecule has 0 N–H and O–H groups in total. The highest BCUT2D eigenvalue weighted by Gasteiger charge is 2.46. The van der Waals surface area contributed by atoms with Crippen molar-refractivity contribution in [3.8, 4) is 17.2 Å². The first-order valence-electron chi connectivity index (χ1n) is 9.86. The maximum atomic E-state index is 13.3. The molecule has 7 nitrogen and oxygen atoms in total. The number of hydrogen-bond donors (Lipinski definition) is 0. The third-order valence-corrected chi connectivity index (χ3v) is 5.80. The standard InChI is InChI=1S/C23H29NO6/c1-12-18(22(26)30-7)19(20-14(24-12)10-23(2,3)11-15(20)25)13-8-16(27-4)21(29-6)17(9-13)28-5/h8-9,18-19H,10-11H2,1-7H3. The molecule has 30 heavy (non-hydrogen) atoms. The molecule has 1 aliphatic carbocycles. The first-order chi connectivity index (χ1) is 14.2. The second-order valence-corrected chi connectivity index (χ2v) is 8.49. The molecule has 0 radical (unpaired) electrons. The largest absolute Gasteiger partial charge is 0.493 e. The average Bonchev–Trinajstić information content (AvgIpc) is 2.69. The summed E-state index contributed by atoms with van der Waals surface area (Å²) in [4.78, 5) is 30.7. The molecular weight excluding hydrogens is 386 g/mol. The Balaban J connectivity index is 2.27. The molecule has 1 aliphatic heterocycles. The number of aliphatic imine (C=N–C) groups is 1. The number of carbonyl (C=O) groups excluding carboxylic acids is 2. The van der Waals surface area contributed by atoms with Gasteiger partial charge in [-0.05, 0) is 36.5 Å². The Hall–Kier alpha value is -2.83. The lowest BCUT2D eigenvalue weighted by Gasteiger charge is -2.39. The van der Waals surface area contributed by atoms with E-state index in [1.54, 1.807) is 12.1 Å². The molecular formula is C23H29NO6. The van der Waals surface area contributed by atoms with E-state index < -0.39 is 17.8 Å². The second-order valence-electron chi connectivity index (χ2n) is 8.49. The van der Waals surface area contributed by atoms with E-state index in [9.17, 15) is 9.59 Å². The van der Waals surface area contributed by atoms with Crippen molar-refractivity contribution in [2.75, 3.05) is 28.4 Å². The molecule has 0 fully saturated rings. The summed E-state index contributed by atoms with van der Waals surface area (Å²) in [6, 6.07) is 3.58. The highest BCUT2D eigenvalue weighted by atomic mass is 16.5. The third-order valence-electron chi connectivity index (χ3n) is 5.80. The van der Waals surface area contributed by atoms with E-state index in [0.29, 0.717) is 41.4 Å². The molecule has 162 valence electrons. The van der Waals surface area contributed by atoms with Gasteiger partial charge < -0.3 is 18.9 Å². The molecule has 0 bridgehead atoms. The molecule has 0 amide bonds. The van der Waals surface area contributed by atoms with E-state index in [2.05, 4.69) is 18.8 Å². The van der Waals surface area contributed by atoms with Crippen molar-refractivity contribution in [3.63, 3.8) is 0 Å². The van der Waals surface area contributed by atoms with Gasteiger partial charge in [0.15, 0.2) is 17.3 Å². The van der Waals surface area contributed by atoms with Crippen molar-refractivity contribution < 1.29 is 28.5 Å². The summed E-state index contributed by atoms with van der Waals surface area (Å²) in [5.74, 6) is -0.305. The summed E-state index contributed by atoms with van der Waals surface area (Å²) in [7, 11) is 5.94. The van der Waals surface area contributed by atoms with Gasteiger partial charge in [0.05, 0.1) is 28.4 Å². The maximum Gasteiger partial charge on any atom is 0.315 e. The lowest BCUT2D eigenvalue weighted by atomic mass is 9.67. The van der Waals surface area contributed by atoms with Gasteiger partial charge in [0, 0.05) is 29.3 Å². The number of esters is 1. The lowest BCUT2D eigenvalue weighted by Crippen LogP contribution is -2.39. The number of ether oxygens (including phenoxy) is 4. The Morgan fingerprint density at radius 1 is 1.03 bits per heavy atom. The smallest absolute Gasteiger partial charge is 0.315 e. The number of hydrogen-bond acceptors (Lipinski definition) is 7. The molecule has 3 rings (SSSR count). The van der Waals surface area contributed by atoms with Crippen molar-refractivity contribution in [1.82, 2.24) is 0 Å². The summed E-state index contributed by atoms with van der Waals surface area (Å²) in [5.41, 5.74) is 2.48. The van der Waals surface area contributed by atoms with Crippen LogP contribution in [-0.2, 0) is 14.3 Å². The van der Waals surface area contributed by atoms with Gasteiger partial charge in [0.25, 0.3) is 0 Å². The number of ketones is 1. The average molecular weight is 415 g/mol. The number of allylic oxidation sites excluding steroid dienone is 2. The fourth-order valence-corrected chi connectivity index (χ4v) is 4.52. The zero-order valence-corrected chi connectivity index (χ0v) is 18.6. The van der Waals surface area contributed by atoms with Gasteiger partial charge in [-0.1, -0.05) is 13.8 Å². The molecule has 1 aromatic rings. The summed E-state index contributed by atoms with van der Waals surface area (Å²) >= 11 is 0. The number of rotatable bonds is 5. The lowest BCUT2D eigenvalue weighted by molar-refractivity contribution is -0.143. The quantitative estimate of drug-likeness (QED) is 0.682. The second kappa shape index (κ2) is 8.13. The number of nitrogens with zero attached hydrogens (tertiary/aromatic N) is 1. The molecule has 2 aliphatic rings. The fourth-order valence-electron chi connectivity index (χ4n) is 4.52. The SMILES string of the molecule is COC(=O)C1C(C)=NC2=C(C(=O)CC(C)(C)C2)C1c1cc(OC)c(OC)c(OC)c1. The van der Waals surface area contributed by atoms with Crippen LogP contribution in [0.4, 0.5) is 0 Å². The van der Waals surface area contributed by atoms with Gasteiger partial charge in [-0.15, -0.1) is 0 Å². The molecule has 1 heterocycles. The van der Waals surface area contributed by atoms with Gasteiger partial charge in [-0.2, -0.15) is 0 Å². The van der Waals surface area contributed by atoms with Crippen LogP contribution in [0.15, 0.2) is 28.4 Å². The van der Waals surface area contributed by atoms with Crippen molar-refractivity contribution in [2.45, 2.75) is 39.5 Å². The van der Waals surface area contributed by atoms with Crippen molar-refractivity contribution >= 4 is 17.5 Å². The predicted molar refractivity (Wildman–Crippen MR) is 113 cm³/mol. The molecule has 0 spiro atoms. The minimum absolute atomic E-state index is 0.00477. The van der Waals surface area contributed by atoms with Crippen molar-refractivity contribution in [2.24, 2.45) is 16.3 Å². The van der Waals surface area contributed by atoms with Crippen LogP contribution >= 0.6 is 0 Å². The fraction of sp³-hybridized carbons (Fsp3) is 0.522. The van der Waals surface area contributed by atoms with E-state index in [-0.39, 0.29) is 11.2 Å². The highest BCUT2D eigenvalue weighted by Crippen LogP contribution is 2.50. The van der Waals surface area contributed by atoms with Crippen LogP contribution in [0.3, 0.4) is 0 Å². The van der Waals surface area contributed by atoms with Crippen molar-refractivity contribution in [1.29, 1.82) is 0 Å². The van der Waals surface area contributed by atoms with E-state index in [4.69, 9.17) is 18.9 Å². The van der Waals surface area contributed by atoms with E-state index in [0.717, 1.165) is 11.3 Å². The summed E-state index contributed by atoms with van der Waals surface area (Å²) in [5, 5.41) is 0. The zero-order chi connectivity index (χ0) is 22.2. The molecule has 0 aromatic heterocycles. The monoisotopic (exact) mass is 415 g/mol. The Morgan fingerprint density at radius 3 is 2.13 bits per heavy atom. The van der Waals surface area contributed by atoms with Crippen LogP contribution in [-0.4, -0.2) is 45.9 Å². The van der Waals surface area contributed by atoms with Crippen LogP contribution in [0.25, 0.3) is 0 Å². The molecule has 7 heteroatoms. The number of carbonyl (C=O) groups is 2. The van der Waals surface area contributed by atoms with E-state index >= 15 is 0 Å². The molecule has 2 unspecified atom stereocenters. The maximum absolute atomic E-state index is 13.3.